The lowest BCUT2D eigenvalue weighted by Crippen LogP contribution is -2.43. The molecule has 0 aliphatic carbocycles. The van der Waals surface area contributed by atoms with Crippen LogP contribution in [0.4, 0.5) is 4.79 Å². The molecule has 1 aromatic carbocycles. The Labute approximate surface area is 227 Å². The second-order valence-corrected chi connectivity index (χ2v) is 12.6. The van der Waals surface area contributed by atoms with Crippen LogP contribution in [0.3, 0.4) is 0 Å². The fourth-order valence-electron chi connectivity index (χ4n) is 4.17. The van der Waals surface area contributed by atoms with Gasteiger partial charge in [0.2, 0.25) is 11.8 Å². The van der Waals surface area contributed by atoms with Crippen LogP contribution in [0.2, 0.25) is 0 Å². The summed E-state index contributed by atoms with van der Waals surface area (Å²) >= 11 is 0. The van der Waals surface area contributed by atoms with Gasteiger partial charge in [0.1, 0.15) is 23.4 Å². The Morgan fingerprint density at radius 3 is 2.38 bits per heavy atom. The van der Waals surface area contributed by atoms with Gasteiger partial charge >= 0.3 is 6.09 Å². The molecule has 0 spiro atoms. The number of nitrogens with zero attached hydrogens (tertiary/aromatic N) is 6. The van der Waals surface area contributed by atoms with Gasteiger partial charge in [0, 0.05) is 52.2 Å². The lowest BCUT2D eigenvalue weighted by Gasteiger charge is -2.32. The minimum absolute atomic E-state index is 0.0172. The van der Waals surface area contributed by atoms with Crippen LogP contribution >= 0.6 is 0 Å². The van der Waals surface area contributed by atoms with E-state index < -0.39 is 21.5 Å². The Kier molecular flexibility index (Phi) is 8.09. The van der Waals surface area contributed by atoms with Crippen molar-refractivity contribution < 1.29 is 27.5 Å². The van der Waals surface area contributed by atoms with Gasteiger partial charge in [-0.15, -0.1) is 0 Å². The number of hydrogen-bond acceptors (Lipinski definition) is 9. The largest absolute Gasteiger partial charge is 0.474 e. The van der Waals surface area contributed by atoms with E-state index in [9.17, 15) is 18.0 Å². The number of amides is 2. The predicted octanol–water partition coefficient (Wildman–Crippen LogP) is 2.85. The number of aromatic nitrogens is 4. The second-order valence-electron chi connectivity index (χ2n) is 10.6. The van der Waals surface area contributed by atoms with E-state index in [1.165, 1.54) is 23.4 Å². The van der Waals surface area contributed by atoms with Crippen molar-refractivity contribution in [2.45, 2.75) is 56.6 Å². The minimum Gasteiger partial charge on any atom is -0.474 e. The summed E-state index contributed by atoms with van der Waals surface area (Å²) in [6.45, 7) is 6.77. The molecule has 0 atom stereocenters. The van der Waals surface area contributed by atoms with E-state index in [1.54, 1.807) is 55.7 Å². The van der Waals surface area contributed by atoms with E-state index in [-0.39, 0.29) is 29.9 Å². The standard InChI is InChI=1S/C26H34N6O6S/c1-26(2,3)38-25(34)30(4)13-12-22(33)31-14-10-19(11-15-31)37-24-21-16-29-32(23(21)27-17-28-24)18-6-8-20(9-7-18)39(5,35)36/h6-9,16-17,19H,10-15H2,1-5H3. The monoisotopic (exact) mass is 558 g/mol. The molecule has 1 saturated heterocycles. The fourth-order valence-corrected chi connectivity index (χ4v) is 4.80. The number of fused-ring (bicyclic) bond motifs is 1. The summed E-state index contributed by atoms with van der Waals surface area (Å²) in [7, 11) is -1.68. The van der Waals surface area contributed by atoms with Gasteiger partial charge in [-0.05, 0) is 45.0 Å². The molecule has 210 valence electrons. The number of likely N-dealkylation sites (tertiary alicyclic amines) is 1. The maximum atomic E-state index is 12.7. The van der Waals surface area contributed by atoms with Crippen molar-refractivity contribution in [3.05, 3.63) is 36.8 Å². The van der Waals surface area contributed by atoms with Gasteiger partial charge in [-0.2, -0.15) is 5.10 Å². The summed E-state index contributed by atoms with van der Waals surface area (Å²) in [5.41, 5.74) is 0.608. The number of carbonyl (C=O) groups is 2. The van der Waals surface area contributed by atoms with Crippen LogP contribution in [0, 0.1) is 0 Å². The average Bonchev–Trinajstić information content (AvgIpc) is 3.31. The molecule has 2 amide bonds. The third kappa shape index (κ3) is 7.02. The van der Waals surface area contributed by atoms with Crippen molar-refractivity contribution in [1.82, 2.24) is 29.5 Å². The number of benzene rings is 1. The Bertz CT molecular complexity index is 1440. The highest BCUT2D eigenvalue weighted by Crippen LogP contribution is 2.26. The van der Waals surface area contributed by atoms with Gasteiger partial charge in [0.05, 0.1) is 16.8 Å². The maximum Gasteiger partial charge on any atom is 0.410 e. The average molecular weight is 559 g/mol. The first kappa shape index (κ1) is 28.3. The van der Waals surface area contributed by atoms with Gasteiger partial charge in [-0.25, -0.2) is 27.9 Å². The van der Waals surface area contributed by atoms with Gasteiger partial charge in [0.25, 0.3) is 0 Å². The highest BCUT2D eigenvalue weighted by atomic mass is 32.2. The molecule has 0 unspecified atom stereocenters. The van der Waals surface area contributed by atoms with Crippen molar-refractivity contribution in [3.63, 3.8) is 0 Å². The first-order chi connectivity index (χ1) is 18.3. The fraction of sp³-hybridized carbons (Fsp3) is 0.500. The first-order valence-electron chi connectivity index (χ1n) is 12.7. The summed E-state index contributed by atoms with van der Waals surface area (Å²) in [6, 6.07) is 6.40. The summed E-state index contributed by atoms with van der Waals surface area (Å²) in [4.78, 5) is 36.9. The SMILES string of the molecule is CN(CCC(=O)N1CCC(Oc2ncnc3c2cnn3-c2ccc(S(C)(=O)=O)cc2)CC1)C(=O)OC(C)(C)C. The molecule has 3 aromatic rings. The van der Waals surface area contributed by atoms with Crippen molar-refractivity contribution in [1.29, 1.82) is 0 Å². The molecule has 1 aliphatic heterocycles. The minimum atomic E-state index is -3.30. The van der Waals surface area contributed by atoms with Crippen LogP contribution in [-0.4, -0.2) is 94.6 Å². The van der Waals surface area contributed by atoms with Crippen LogP contribution in [0.15, 0.2) is 41.7 Å². The Morgan fingerprint density at radius 2 is 1.77 bits per heavy atom. The van der Waals surface area contributed by atoms with Crippen molar-refractivity contribution >= 4 is 32.9 Å². The lowest BCUT2D eigenvalue weighted by atomic mass is 10.1. The third-order valence-electron chi connectivity index (χ3n) is 6.28. The zero-order chi connectivity index (χ0) is 28.4. The zero-order valence-corrected chi connectivity index (χ0v) is 23.6. The molecule has 39 heavy (non-hydrogen) atoms. The molecule has 12 nitrogen and oxygen atoms in total. The Hall–Kier alpha value is -3.74. The molecule has 0 N–H and O–H groups in total. The number of ether oxygens (including phenoxy) is 2. The summed E-state index contributed by atoms with van der Waals surface area (Å²) in [5, 5.41) is 5.04. The van der Waals surface area contributed by atoms with Crippen LogP contribution in [0.1, 0.15) is 40.0 Å². The smallest absolute Gasteiger partial charge is 0.410 e. The van der Waals surface area contributed by atoms with Crippen LogP contribution in [0.25, 0.3) is 16.7 Å². The van der Waals surface area contributed by atoms with Gasteiger partial charge in [-0.1, -0.05) is 0 Å². The molecule has 0 radical (unpaired) electrons. The van der Waals surface area contributed by atoms with E-state index in [4.69, 9.17) is 9.47 Å². The third-order valence-corrected chi connectivity index (χ3v) is 7.41. The van der Waals surface area contributed by atoms with Crippen molar-refractivity contribution in [3.8, 4) is 11.6 Å². The number of sulfone groups is 1. The lowest BCUT2D eigenvalue weighted by molar-refractivity contribution is -0.133. The Morgan fingerprint density at radius 1 is 1.10 bits per heavy atom. The van der Waals surface area contributed by atoms with Crippen LogP contribution < -0.4 is 4.74 Å². The highest BCUT2D eigenvalue weighted by Gasteiger charge is 2.26. The molecule has 13 heteroatoms. The molecule has 2 aromatic heterocycles. The topological polar surface area (TPSA) is 137 Å². The summed E-state index contributed by atoms with van der Waals surface area (Å²) in [5.74, 6) is 0.388. The van der Waals surface area contributed by atoms with Crippen molar-refractivity contribution in [2.24, 2.45) is 0 Å². The number of piperidine rings is 1. The van der Waals surface area contributed by atoms with E-state index in [2.05, 4.69) is 15.1 Å². The van der Waals surface area contributed by atoms with E-state index in [0.717, 1.165) is 6.26 Å². The Balaban J connectivity index is 1.34. The molecule has 0 bridgehead atoms. The van der Waals surface area contributed by atoms with Gasteiger partial charge < -0.3 is 19.3 Å². The molecular weight excluding hydrogens is 524 g/mol. The second kappa shape index (κ2) is 11.2. The number of carbonyl (C=O) groups excluding carboxylic acids is 2. The highest BCUT2D eigenvalue weighted by molar-refractivity contribution is 7.90. The van der Waals surface area contributed by atoms with Crippen LogP contribution in [0.5, 0.6) is 5.88 Å². The van der Waals surface area contributed by atoms with Gasteiger partial charge in [-0.3, -0.25) is 4.79 Å². The molecule has 4 rings (SSSR count). The predicted molar refractivity (Wildman–Crippen MR) is 143 cm³/mol. The van der Waals surface area contributed by atoms with Gasteiger partial charge in [0.15, 0.2) is 15.5 Å². The maximum absolute atomic E-state index is 12.7. The van der Waals surface area contributed by atoms with E-state index >= 15 is 0 Å². The normalized spacial score (nSPS) is 14.8. The first-order valence-corrected chi connectivity index (χ1v) is 14.6. The number of rotatable bonds is 7. The van der Waals surface area contributed by atoms with Crippen LogP contribution in [-0.2, 0) is 19.4 Å². The van der Waals surface area contributed by atoms with E-state index in [1.807, 2.05) is 0 Å². The van der Waals surface area contributed by atoms with E-state index in [0.29, 0.717) is 48.5 Å². The summed E-state index contributed by atoms with van der Waals surface area (Å²) in [6.07, 6.45) is 5.10. The molecule has 1 aliphatic rings. The quantitative estimate of drug-likeness (QED) is 0.429. The molecular formula is C26H34N6O6S. The molecule has 1 fully saturated rings. The molecule has 0 saturated carbocycles. The summed E-state index contributed by atoms with van der Waals surface area (Å²) < 4.78 is 36.6. The zero-order valence-electron chi connectivity index (χ0n) is 22.8. The van der Waals surface area contributed by atoms with Crippen molar-refractivity contribution in [2.75, 3.05) is 32.9 Å². The number of hydrogen-bond donors (Lipinski definition) is 0. The molecule has 3 heterocycles.